The second kappa shape index (κ2) is 3.59. The Bertz CT molecular complexity index is 472. The predicted molar refractivity (Wildman–Crippen MR) is 55.5 cm³/mol. The van der Waals surface area contributed by atoms with Gasteiger partial charge < -0.3 is 9.47 Å². The number of fused-ring (bicyclic) bond motifs is 1. The average molecular weight is 231 g/mol. The fourth-order valence-electron chi connectivity index (χ4n) is 1.09. The van der Waals surface area contributed by atoms with Crippen LogP contribution in [-0.4, -0.2) is 24.2 Å². The first-order valence-electron chi connectivity index (χ1n) is 3.79. The first kappa shape index (κ1) is 9.48. The molecule has 2 heterocycles. The molecule has 0 atom stereocenters. The fraction of sp³-hybridized carbons (Fsp3) is 0.250. The van der Waals surface area contributed by atoms with E-state index in [4.69, 9.17) is 21.1 Å². The maximum Gasteiger partial charge on any atom is 0.320 e. The highest BCUT2D eigenvalue weighted by Crippen LogP contribution is 2.33. The Balaban J connectivity index is 2.72. The minimum absolute atomic E-state index is 0.285. The lowest BCUT2D eigenvalue weighted by Gasteiger charge is -2.02. The smallest absolute Gasteiger partial charge is 0.320 e. The van der Waals surface area contributed by atoms with Gasteiger partial charge in [-0.2, -0.15) is 9.97 Å². The number of nitrogens with zero attached hydrogens (tertiary/aromatic N) is 2. The van der Waals surface area contributed by atoms with Crippen LogP contribution in [0.5, 0.6) is 11.9 Å². The molecule has 0 aliphatic carbocycles. The summed E-state index contributed by atoms with van der Waals surface area (Å²) in [6.45, 7) is 0. The second-order valence-corrected chi connectivity index (χ2v) is 4.15. The number of aromatic nitrogens is 2. The van der Waals surface area contributed by atoms with Crippen molar-refractivity contribution in [3.63, 3.8) is 0 Å². The van der Waals surface area contributed by atoms with Gasteiger partial charge in [0.25, 0.3) is 0 Å². The molecule has 2 aromatic heterocycles. The zero-order chi connectivity index (χ0) is 10.1. The molecule has 0 N–H and O–H groups in total. The average Bonchev–Trinajstić information content (AvgIpc) is 2.56. The molecule has 0 aromatic carbocycles. The molecule has 0 saturated heterocycles. The van der Waals surface area contributed by atoms with Gasteiger partial charge in [0.1, 0.15) is 4.83 Å². The van der Waals surface area contributed by atoms with Crippen molar-refractivity contribution in [1.82, 2.24) is 9.97 Å². The number of hydrogen-bond acceptors (Lipinski definition) is 5. The van der Waals surface area contributed by atoms with Crippen molar-refractivity contribution >= 4 is 33.2 Å². The molecule has 0 radical (unpaired) electrons. The van der Waals surface area contributed by atoms with Gasteiger partial charge >= 0.3 is 6.01 Å². The third kappa shape index (κ3) is 1.49. The molecule has 2 aromatic rings. The van der Waals surface area contributed by atoms with E-state index in [9.17, 15) is 0 Å². The van der Waals surface area contributed by atoms with Gasteiger partial charge in [0.05, 0.1) is 23.9 Å². The second-order valence-electron chi connectivity index (χ2n) is 2.49. The Hall–Kier alpha value is -1.07. The molecule has 0 bridgehead atoms. The molecule has 0 aliphatic heterocycles. The Morgan fingerprint density at radius 2 is 2.07 bits per heavy atom. The van der Waals surface area contributed by atoms with Gasteiger partial charge in [-0.3, -0.25) is 0 Å². The molecule has 4 nitrogen and oxygen atoms in total. The van der Waals surface area contributed by atoms with Gasteiger partial charge in [-0.25, -0.2) is 0 Å². The zero-order valence-electron chi connectivity index (χ0n) is 7.57. The molecular formula is C8H7ClN2O2S. The minimum atomic E-state index is 0.285. The van der Waals surface area contributed by atoms with Crippen LogP contribution in [0.25, 0.3) is 10.2 Å². The summed E-state index contributed by atoms with van der Waals surface area (Å²) in [4.78, 5) is 8.95. The number of halogens is 1. The van der Waals surface area contributed by atoms with Crippen LogP contribution in [0.4, 0.5) is 0 Å². The van der Waals surface area contributed by atoms with Crippen LogP contribution in [0.2, 0.25) is 4.34 Å². The molecule has 14 heavy (non-hydrogen) atoms. The van der Waals surface area contributed by atoms with Gasteiger partial charge in [0.15, 0.2) is 0 Å². The number of rotatable bonds is 2. The molecule has 0 spiro atoms. The lowest BCUT2D eigenvalue weighted by molar-refractivity contribution is 0.357. The minimum Gasteiger partial charge on any atom is -0.480 e. The van der Waals surface area contributed by atoms with E-state index in [1.807, 2.05) is 0 Å². The van der Waals surface area contributed by atoms with Crippen molar-refractivity contribution in [2.45, 2.75) is 0 Å². The Kier molecular flexibility index (Phi) is 2.43. The van der Waals surface area contributed by atoms with E-state index in [2.05, 4.69) is 9.97 Å². The summed E-state index contributed by atoms with van der Waals surface area (Å²) in [5.74, 6) is 0.481. The summed E-state index contributed by atoms with van der Waals surface area (Å²) in [6.07, 6.45) is 0. The van der Waals surface area contributed by atoms with E-state index in [-0.39, 0.29) is 6.01 Å². The summed E-state index contributed by atoms with van der Waals surface area (Å²) in [5, 5.41) is 0.809. The summed E-state index contributed by atoms with van der Waals surface area (Å²) in [5.41, 5.74) is 0. The summed E-state index contributed by atoms with van der Waals surface area (Å²) >= 11 is 7.23. The topological polar surface area (TPSA) is 44.2 Å². The van der Waals surface area contributed by atoms with Crippen LogP contribution >= 0.6 is 22.9 Å². The molecule has 0 fully saturated rings. The van der Waals surface area contributed by atoms with E-state index in [0.717, 1.165) is 10.2 Å². The molecule has 6 heteroatoms. The lowest BCUT2D eigenvalue weighted by atomic mass is 10.4. The van der Waals surface area contributed by atoms with Gasteiger partial charge in [-0.15, -0.1) is 11.3 Å². The molecule has 2 rings (SSSR count). The Labute approximate surface area is 89.5 Å². The normalized spacial score (nSPS) is 10.5. The van der Waals surface area contributed by atoms with Crippen LogP contribution in [0, 0.1) is 0 Å². The quantitative estimate of drug-likeness (QED) is 0.795. The third-order valence-corrected chi connectivity index (χ3v) is 2.84. The van der Waals surface area contributed by atoms with E-state index in [0.29, 0.717) is 10.2 Å². The van der Waals surface area contributed by atoms with E-state index < -0.39 is 0 Å². The maximum atomic E-state index is 5.86. The molecule has 0 aliphatic rings. The predicted octanol–water partition coefficient (Wildman–Crippen LogP) is 2.36. The third-order valence-electron chi connectivity index (χ3n) is 1.68. The van der Waals surface area contributed by atoms with E-state index in [1.165, 1.54) is 18.4 Å². The van der Waals surface area contributed by atoms with Crippen LogP contribution in [0.3, 0.4) is 0 Å². The van der Waals surface area contributed by atoms with Crippen molar-refractivity contribution in [1.29, 1.82) is 0 Å². The van der Waals surface area contributed by atoms with Gasteiger partial charge in [-0.05, 0) is 6.07 Å². The van der Waals surface area contributed by atoms with Crippen molar-refractivity contribution in [3.8, 4) is 11.9 Å². The Morgan fingerprint density at radius 3 is 2.71 bits per heavy atom. The highest BCUT2D eigenvalue weighted by atomic mass is 35.5. The molecule has 0 amide bonds. The molecular weight excluding hydrogens is 224 g/mol. The van der Waals surface area contributed by atoms with Crippen LogP contribution < -0.4 is 9.47 Å². The van der Waals surface area contributed by atoms with Crippen LogP contribution in [0.1, 0.15) is 0 Å². The van der Waals surface area contributed by atoms with Crippen molar-refractivity contribution in [3.05, 3.63) is 10.4 Å². The zero-order valence-corrected chi connectivity index (χ0v) is 9.15. The van der Waals surface area contributed by atoms with Crippen molar-refractivity contribution in [2.24, 2.45) is 0 Å². The first-order chi connectivity index (χ1) is 6.74. The van der Waals surface area contributed by atoms with Crippen LogP contribution in [-0.2, 0) is 0 Å². The maximum absolute atomic E-state index is 5.86. The van der Waals surface area contributed by atoms with E-state index >= 15 is 0 Å². The molecule has 0 unspecified atom stereocenters. The first-order valence-corrected chi connectivity index (χ1v) is 4.99. The Morgan fingerprint density at radius 1 is 1.29 bits per heavy atom. The largest absolute Gasteiger partial charge is 0.480 e. The lowest BCUT2D eigenvalue weighted by Crippen LogP contribution is -1.94. The molecule has 0 saturated carbocycles. The van der Waals surface area contributed by atoms with Gasteiger partial charge in [0.2, 0.25) is 5.88 Å². The fourth-order valence-corrected chi connectivity index (χ4v) is 2.16. The standard InChI is InChI=1S/C8H7ClN2O2S/c1-12-6-4-3-5(9)14-7(4)11-8(10-6)13-2/h3H,1-2H3. The van der Waals surface area contributed by atoms with Crippen molar-refractivity contribution in [2.75, 3.05) is 14.2 Å². The van der Waals surface area contributed by atoms with Gasteiger partial charge in [-0.1, -0.05) is 11.6 Å². The summed E-state index contributed by atoms with van der Waals surface area (Å²) < 4.78 is 10.7. The van der Waals surface area contributed by atoms with Crippen molar-refractivity contribution < 1.29 is 9.47 Å². The van der Waals surface area contributed by atoms with Gasteiger partial charge in [0, 0.05) is 0 Å². The summed E-state index contributed by atoms with van der Waals surface area (Å²) in [6, 6.07) is 2.06. The monoisotopic (exact) mass is 230 g/mol. The SMILES string of the molecule is COc1nc(OC)c2cc(Cl)sc2n1. The highest BCUT2D eigenvalue weighted by Gasteiger charge is 2.11. The van der Waals surface area contributed by atoms with Crippen LogP contribution in [0.15, 0.2) is 6.07 Å². The number of methoxy groups -OCH3 is 2. The van der Waals surface area contributed by atoms with E-state index in [1.54, 1.807) is 13.2 Å². The number of ether oxygens (including phenoxy) is 2. The number of thiophene rings is 1. The number of hydrogen-bond donors (Lipinski definition) is 0. The summed E-state index contributed by atoms with van der Waals surface area (Å²) in [7, 11) is 3.06. The highest BCUT2D eigenvalue weighted by molar-refractivity contribution is 7.22. The molecule has 74 valence electrons.